The second kappa shape index (κ2) is 5.06. The molecule has 0 saturated heterocycles. The van der Waals surface area contributed by atoms with Gasteiger partial charge in [0.25, 0.3) is 0 Å². The van der Waals surface area contributed by atoms with Crippen LogP contribution in [-0.4, -0.2) is 13.5 Å². The van der Waals surface area contributed by atoms with Gasteiger partial charge in [-0.3, -0.25) is 0 Å². The molecule has 3 nitrogen and oxygen atoms in total. The van der Waals surface area contributed by atoms with Crippen LogP contribution in [0.2, 0.25) is 0 Å². The zero-order chi connectivity index (χ0) is 13.0. The molecule has 2 aromatic carbocycles. The van der Waals surface area contributed by atoms with Gasteiger partial charge in [-0.15, -0.1) is 0 Å². The van der Waals surface area contributed by atoms with E-state index in [1.807, 2.05) is 0 Å². The molecule has 0 radical (unpaired) electrons. The van der Waals surface area contributed by atoms with Crippen molar-refractivity contribution in [1.82, 2.24) is 0 Å². The van der Waals surface area contributed by atoms with Crippen LogP contribution in [0.5, 0.6) is 0 Å². The number of hydrogen-bond donors (Lipinski definition) is 1. The molecule has 0 unspecified atom stereocenters. The third-order valence-corrected chi connectivity index (χ3v) is 3.87. The molecule has 0 aliphatic heterocycles. The third-order valence-electron chi connectivity index (χ3n) is 2.41. The van der Waals surface area contributed by atoms with E-state index in [9.17, 15) is 13.5 Å². The molecule has 2 rings (SSSR count). The van der Waals surface area contributed by atoms with Crippen LogP contribution in [0.3, 0.4) is 0 Å². The molecule has 0 atom stereocenters. The first-order valence-corrected chi connectivity index (χ1v) is 6.90. The number of benzene rings is 2. The second-order valence-corrected chi connectivity index (χ2v) is 5.52. The van der Waals surface area contributed by atoms with Gasteiger partial charge in [-0.05, 0) is 12.1 Å². The molecule has 0 saturated carbocycles. The topological polar surface area (TPSA) is 54.4 Å². The van der Waals surface area contributed by atoms with Crippen molar-refractivity contribution in [2.45, 2.75) is 4.90 Å². The van der Waals surface area contributed by atoms with Gasteiger partial charge in [0.15, 0.2) is 0 Å². The van der Waals surface area contributed by atoms with Crippen molar-refractivity contribution in [2.75, 3.05) is 0 Å². The van der Waals surface area contributed by atoms with E-state index in [1.54, 1.807) is 48.5 Å². The fourth-order valence-corrected chi connectivity index (χ4v) is 2.60. The first-order chi connectivity index (χ1) is 8.59. The maximum Gasteiger partial charge on any atom is 0.203 e. The van der Waals surface area contributed by atoms with Gasteiger partial charge in [0.1, 0.15) is 5.76 Å². The lowest BCUT2D eigenvalue weighted by Crippen LogP contribution is -1.97. The van der Waals surface area contributed by atoms with E-state index in [0.717, 1.165) is 5.41 Å². The Hall–Kier alpha value is -2.07. The minimum absolute atomic E-state index is 0.160. The highest BCUT2D eigenvalue weighted by atomic mass is 32.2. The van der Waals surface area contributed by atoms with Crippen molar-refractivity contribution in [3.8, 4) is 0 Å². The summed E-state index contributed by atoms with van der Waals surface area (Å²) >= 11 is 0. The van der Waals surface area contributed by atoms with Crippen LogP contribution in [0.1, 0.15) is 5.56 Å². The van der Waals surface area contributed by atoms with E-state index in [2.05, 4.69) is 0 Å². The van der Waals surface area contributed by atoms with Crippen molar-refractivity contribution in [2.24, 2.45) is 0 Å². The van der Waals surface area contributed by atoms with Crippen LogP contribution >= 0.6 is 0 Å². The fourth-order valence-electron chi connectivity index (χ4n) is 1.50. The molecule has 0 spiro atoms. The third kappa shape index (κ3) is 2.78. The Balaban J connectivity index is 2.39. The minimum Gasteiger partial charge on any atom is -0.507 e. The van der Waals surface area contributed by atoms with Gasteiger partial charge in [-0.2, -0.15) is 0 Å². The van der Waals surface area contributed by atoms with Gasteiger partial charge >= 0.3 is 0 Å². The number of sulfone groups is 1. The summed E-state index contributed by atoms with van der Waals surface area (Å²) in [6.45, 7) is 0. The number of aliphatic hydroxyl groups excluding tert-OH is 1. The van der Waals surface area contributed by atoms with Gasteiger partial charge in [0.2, 0.25) is 9.84 Å². The Bertz CT molecular complexity index is 644. The van der Waals surface area contributed by atoms with E-state index < -0.39 is 9.84 Å². The Morgan fingerprint density at radius 2 is 1.39 bits per heavy atom. The zero-order valence-electron chi connectivity index (χ0n) is 9.52. The molecule has 0 amide bonds. The van der Waals surface area contributed by atoms with Crippen molar-refractivity contribution in [3.63, 3.8) is 0 Å². The van der Waals surface area contributed by atoms with Crippen LogP contribution in [-0.2, 0) is 9.84 Å². The molecule has 2 aromatic rings. The predicted molar refractivity (Wildman–Crippen MR) is 70.7 cm³/mol. The van der Waals surface area contributed by atoms with E-state index in [0.29, 0.717) is 5.56 Å². The highest BCUT2D eigenvalue weighted by Crippen LogP contribution is 2.17. The number of hydrogen-bond acceptors (Lipinski definition) is 3. The Morgan fingerprint density at radius 3 is 1.94 bits per heavy atom. The molecule has 0 aromatic heterocycles. The second-order valence-electron chi connectivity index (χ2n) is 3.73. The number of aliphatic hydroxyl groups is 1. The summed E-state index contributed by atoms with van der Waals surface area (Å²) in [7, 11) is -3.62. The molecular formula is C14H12O3S. The van der Waals surface area contributed by atoms with Crippen LogP contribution < -0.4 is 0 Å². The number of rotatable bonds is 3. The lowest BCUT2D eigenvalue weighted by molar-refractivity contribution is 0.512. The standard InChI is InChI=1S/C14H12O3S/c15-14(12-7-3-1-4-8-12)11-18(16,17)13-9-5-2-6-10-13/h1-11,15H/b14-11-. The van der Waals surface area contributed by atoms with Crippen molar-refractivity contribution < 1.29 is 13.5 Å². The smallest absolute Gasteiger partial charge is 0.203 e. The maximum atomic E-state index is 12.0. The van der Waals surface area contributed by atoms with E-state index in [1.165, 1.54) is 12.1 Å². The summed E-state index contributed by atoms with van der Waals surface area (Å²) in [6, 6.07) is 16.5. The molecule has 0 heterocycles. The lowest BCUT2D eigenvalue weighted by Gasteiger charge is -2.01. The molecule has 0 aliphatic rings. The van der Waals surface area contributed by atoms with Crippen LogP contribution in [0.15, 0.2) is 71.0 Å². The van der Waals surface area contributed by atoms with Crippen molar-refractivity contribution in [1.29, 1.82) is 0 Å². The quantitative estimate of drug-likeness (QED) is 0.863. The molecular weight excluding hydrogens is 248 g/mol. The van der Waals surface area contributed by atoms with Crippen molar-refractivity contribution >= 4 is 15.6 Å². The van der Waals surface area contributed by atoms with Gasteiger partial charge < -0.3 is 5.11 Å². The molecule has 0 bridgehead atoms. The summed E-state index contributed by atoms with van der Waals surface area (Å²) in [5.74, 6) is -0.264. The average molecular weight is 260 g/mol. The highest BCUT2D eigenvalue weighted by Gasteiger charge is 2.12. The van der Waals surface area contributed by atoms with Crippen molar-refractivity contribution in [3.05, 3.63) is 71.6 Å². The van der Waals surface area contributed by atoms with Gasteiger partial charge in [0.05, 0.1) is 10.3 Å². The van der Waals surface area contributed by atoms with Crippen LogP contribution in [0.4, 0.5) is 0 Å². The highest BCUT2D eigenvalue weighted by molar-refractivity contribution is 7.94. The summed E-state index contributed by atoms with van der Waals surface area (Å²) in [4.78, 5) is 0.160. The Kier molecular flexibility index (Phi) is 3.48. The fraction of sp³-hybridized carbons (Fsp3) is 0. The molecule has 18 heavy (non-hydrogen) atoms. The monoisotopic (exact) mass is 260 g/mol. The molecule has 0 aliphatic carbocycles. The first-order valence-electron chi connectivity index (χ1n) is 5.36. The summed E-state index contributed by atoms with van der Waals surface area (Å²) in [6.07, 6.45) is 0. The summed E-state index contributed by atoms with van der Waals surface area (Å²) < 4.78 is 24.0. The van der Waals surface area contributed by atoms with E-state index >= 15 is 0 Å². The largest absolute Gasteiger partial charge is 0.507 e. The SMILES string of the molecule is O=S(=O)(/C=C(\O)c1ccccc1)c1ccccc1. The Labute approximate surface area is 106 Å². The zero-order valence-corrected chi connectivity index (χ0v) is 10.3. The van der Waals surface area contributed by atoms with Crippen LogP contribution in [0.25, 0.3) is 5.76 Å². The average Bonchev–Trinajstić information content (AvgIpc) is 2.40. The van der Waals surface area contributed by atoms with Crippen LogP contribution in [0, 0.1) is 0 Å². The van der Waals surface area contributed by atoms with Gasteiger partial charge in [0, 0.05) is 5.56 Å². The van der Waals surface area contributed by atoms with Gasteiger partial charge in [-0.25, -0.2) is 8.42 Å². The maximum absolute atomic E-state index is 12.0. The predicted octanol–water partition coefficient (Wildman–Crippen LogP) is 3.02. The van der Waals surface area contributed by atoms with E-state index in [-0.39, 0.29) is 10.7 Å². The Morgan fingerprint density at radius 1 is 0.889 bits per heavy atom. The molecule has 4 heteroatoms. The summed E-state index contributed by atoms with van der Waals surface area (Å²) in [5, 5.41) is 10.7. The van der Waals surface area contributed by atoms with E-state index in [4.69, 9.17) is 0 Å². The minimum atomic E-state index is -3.62. The first kappa shape index (κ1) is 12.4. The molecule has 1 N–H and O–H groups in total. The normalized spacial score (nSPS) is 12.3. The molecule has 0 fully saturated rings. The lowest BCUT2D eigenvalue weighted by atomic mass is 10.2. The molecule has 92 valence electrons. The summed E-state index contributed by atoms with van der Waals surface area (Å²) in [5.41, 5.74) is 0.469. The van der Waals surface area contributed by atoms with Gasteiger partial charge in [-0.1, -0.05) is 48.5 Å².